The Labute approximate surface area is 188 Å². The van der Waals surface area contributed by atoms with Crippen LogP contribution in [0.5, 0.6) is 0 Å². The summed E-state index contributed by atoms with van der Waals surface area (Å²) in [6, 6.07) is 0. The second kappa shape index (κ2) is 7.19. The van der Waals surface area contributed by atoms with Crippen LogP contribution in [0.2, 0.25) is 0 Å². The molecule has 4 aliphatic rings. The molecule has 0 aromatic rings. The van der Waals surface area contributed by atoms with Gasteiger partial charge in [-0.25, -0.2) is 4.79 Å². The molecule has 4 fully saturated rings. The summed E-state index contributed by atoms with van der Waals surface area (Å²) in [4.78, 5) is 11.8. The third kappa shape index (κ3) is 3.48. The molecule has 4 saturated carbocycles. The normalized spacial score (nSPS) is 34.2. The number of hydrogen-bond acceptors (Lipinski definition) is 4. The molecule has 0 saturated heterocycles. The first kappa shape index (κ1) is 27.9. The van der Waals surface area contributed by atoms with Crippen LogP contribution in [0, 0.1) is 16.7 Å². The average Bonchev–Trinajstić information content (AvgIpc) is 2.61. The van der Waals surface area contributed by atoms with Gasteiger partial charge < -0.3 is 14.9 Å². The molecule has 2 atom stereocenters. The van der Waals surface area contributed by atoms with E-state index in [1.54, 1.807) is 0 Å². The molecule has 0 amide bonds. The number of carbonyl (C=O) groups excluding carboxylic acids is 1. The molecule has 2 N–H and O–H groups in total. The van der Waals surface area contributed by atoms with Gasteiger partial charge in [0.1, 0.15) is 5.60 Å². The van der Waals surface area contributed by atoms with E-state index in [4.69, 9.17) is 4.74 Å². The van der Waals surface area contributed by atoms with E-state index in [1.165, 1.54) is 0 Å². The number of carbonyl (C=O) groups is 1. The first-order valence-corrected chi connectivity index (χ1v) is 9.93. The molecule has 4 bridgehead atoms. The lowest BCUT2D eigenvalue weighted by Crippen LogP contribution is -2.80. The molecule has 202 valence electrons. The summed E-state index contributed by atoms with van der Waals surface area (Å²) in [7, 11) is 0. The van der Waals surface area contributed by atoms with Gasteiger partial charge in [-0.3, -0.25) is 0 Å². The lowest BCUT2D eigenvalue weighted by molar-refractivity contribution is -0.457. The zero-order valence-corrected chi connectivity index (χ0v) is 17.4. The predicted octanol–water partition coefficient (Wildman–Crippen LogP) is 5.14. The van der Waals surface area contributed by atoms with E-state index >= 15 is 0 Å². The van der Waals surface area contributed by atoms with Crippen LogP contribution in [-0.4, -0.2) is 57.7 Å². The topological polar surface area (TPSA) is 66.8 Å². The largest absolute Gasteiger partial charge is 0.456 e. The van der Waals surface area contributed by atoms with Gasteiger partial charge >= 0.3 is 30.7 Å². The number of rotatable bonds is 4. The summed E-state index contributed by atoms with van der Waals surface area (Å²) in [5.41, 5.74) is -21.7. The molecule has 0 spiro atoms. The minimum absolute atomic E-state index is 0.372. The summed E-state index contributed by atoms with van der Waals surface area (Å²) in [5, 5.41) is 20.4. The summed E-state index contributed by atoms with van der Waals surface area (Å²) >= 11 is 0. The summed E-state index contributed by atoms with van der Waals surface area (Å²) in [5.74, 6) is -3.25. The van der Waals surface area contributed by atoms with E-state index in [9.17, 15) is 67.7 Å². The number of halogens is 12. The molecule has 4 nitrogen and oxygen atoms in total. The van der Waals surface area contributed by atoms with Crippen LogP contribution < -0.4 is 0 Å². The van der Waals surface area contributed by atoms with Crippen LogP contribution in [0.25, 0.3) is 0 Å². The third-order valence-corrected chi connectivity index (χ3v) is 7.68. The van der Waals surface area contributed by atoms with Crippen LogP contribution >= 0.6 is 0 Å². The molecule has 35 heavy (non-hydrogen) atoms. The number of hydrogen-bond donors (Lipinski definition) is 2. The van der Waals surface area contributed by atoms with E-state index in [0.717, 1.165) is 0 Å². The highest BCUT2D eigenvalue weighted by molar-refractivity contribution is 5.81. The Bertz CT molecular complexity index is 817. The van der Waals surface area contributed by atoms with Crippen LogP contribution in [-0.2, 0) is 9.53 Å². The van der Waals surface area contributed by atoms with Crippen LogP contribution in [0.4, 0.5) is 52.7 Å². The van der Waals surface area contributed by atoms with Crippen molar-refractivity contribution in [3.63, 3.8) is 0 Å². The highest BCUT2D eigenvalue weighted by Gasteiger charge is 2.89. The van der Waals surface area contributed by atoms with Gasteiger partial charge in [-0.05, 0) is 44.4 Å². The fraction of sp³-hybridized carbons (Fsp3) is 0.842. The number of alkyl halides is 12. The Balaban J connectivity index is 2.39. The predicted molar refractivity (Wildman–Crippen MR) is 89.2 cm³/mol. The number of aliphatic hydroxyl groups is 2. The van der Waals surface area contributed by atoms with Gasteiger partial charge in [-0.1, -0.05) is 6.58 Å². The first-order chi connectivity index (χ1) is 15.4. The molecule has 2 unspecified atom stereocenters. The van der Waals surface area contributed by atoms with Crippen molar-refractivity contribution in [1.29, 1.82) is 0 Å². The molecule has 0 radical (unpaired) electrons. The van der Waals surface area contributed by atoms with E-state index in [1.807, 2.05) is 0 Å². The molecule has 4 aliphatic carbocycles. The molecular formula is C19H18F12O4. The van der Waals surface area contributed by atoms with Gasteiger partial charge in [-0.15, -0.1) is 0 Å². The first-order valence-electron chi connectivity index (χ1n) is 9.93. The Hall–Kier alpha value is -1.71. The maximum Gasteiger partial charge on any atom is 0.426 e. The van der Waals surface area contributed by atoms with Crippen molar-refractivity contribution in [2.45, 2.75) is 80.0 Å². The van der Waals surface area contributed by atoms with Crippen molar-refractivity contribution in [3.8, 4) is 0 Å². The van der Waals surface area contributed by atoms with Crippen molar-refractivity contribution in [2.75, 3.05) is 0 Å². The third-order valence-electron chi connectivity index (χ3n) is 7.68. The number of ether oxygens (including phenoxy) is 1. The minimum Gasteiger partial charge on any atom is -0.456 e. The Kier molecular flexibility index (Phi) is 5.73. The monoisotopic (exact) mass is 538 g/mol. The molecule has 0 heterocycles. The van der Waals surface area contributed by atoms with Crippen LogP contribution in [0.15, 0.2) is 12.7 Å². The van der Waals surface area contributed by atoms with Crippen LogP contribution in [0.1, 0.15) is 38.5 Å². The lowest BCUT2D eigenvalue weighted by Gasteiger charge is -2.70. The second-order valence-corrected chi connectivity index (χ2v) is 9.79. The zero-order chi connectivity index (χ0) is 27.3. The Morgan fingerprint density at radius 2 is 1.06 bits per heavy atom. The van der Waals surface area contributed by atoms with E-state index in [-0.39, 0.29) is 0 Å². The van der Waals surface area contributed by atoms with Crippen molar-refractivity contribution in [2.24, 2.45) is 16.7 Å². The molecule has 16 heteroatoms. The Morgan fingerprint density at radius 1 is 0.714 bits per heavy atom. The fourth-order valence-electron chi connectivity index (χ4n) is 7.05. The maximum atomic E-state index is 13.9. The van der Waals surface area contributed by atoms with Gasteiger partial charge in [-0.2, -0.15) is 52.7 Å². The maximum absolute atomic E-state index is 13.9. The zero-order valence-electron chi connectivity index (χ0n) is 17.4. The van der Waals surface area contributed by atoms with Crippen molar-refractivity contribution < 1.29 is 72.4 Å². The van der Waals surface area contributed by atoms with E-state index in [0.29, 0.717) is 6.08 Å². The molecule has 4 rings (SSSR count). The minimum atomic E-state index is -6.60. The average molecular weight is 538 g/mol. The van der Waals surface area contributed by atoms with Gasteiger partial charge in [0.15, 0.2) is 0 Å². The lowest BCUT2D eigenvalue weighted by atomic mass is 9.36. The van der Waals surface area contributed by atoms with E-state index in [2.05, 4.69) is 6.58 Å². The molecular weight excluding hydrogens is 520 g/mol. The van der Waals surface area contributed by atoms with E-state index < -0.39 is 103 Å². The summed E-state index contributed by atoms with van der Waals surface area (Å²) in [6.45, 7) is 2.95. The van der Waals surface area contributed by atoms with Crippen molar-refractivity contribution in [1.82, 2.24) is 0 Å². The smallest absolute Gasteiger partial charge is 0.426 e. The summed E-state index contributed by atoms with van der Waals surface area (Å²) in [6.07, 6.45) is -34.5. The SMILES string of the molecule is C=CC(=O)OC12CC3CC(C(O)(C(F)(F)F)C(F)(F)F)(C1)CC(C(O)(C(F)(F)F)C(F)(F)F)(C3)C2. The van der Waals surface area contributed by atoms with Crippen molar-refractivity contribution >= 4 is 5.97 Å². The fourth-order valence-corrected chi connectivity index (χ4v) is 7.05. The van der Waals surface area contributed by atoms with Crippen LogP contribution in [0.3, 0.4) is 0 Å². The van der Waals surface area contributed by atoms with Gasteiger partial charge in [0.2, 0.25) is 0 Å². The second-order valence-electron chi connectivity index (χ2n) is 9.79. The quantitative estimate of drug-likeness (QED) is 0.296. The van der Waals surface area contributed by atoms with Gasteiger partial charge in [0.05, 0.1) is 0 Å². The molecule has 0 aromatic heterocycles. The number of esters is 1. The standard InChI is InChI=1S/C19H18F12O4/c1-2-10(32)35-13-5-9-3-11(7-13,14(33,16(20,21)22)17(23,24)25)6-12(4-9,8-13)15(34,18(26,27)28)19(29,30)31/h2,9,33-34H,1,3-8H2. The molecule has 0 aliphatic heterocycles. The highest BCUT2D eigenvalue weighted by Crippen LogP contribution is 2.77. The molecule has 0 aromatic carbocycles. The Morgan fingerprint density at radius 3 is 1.34 bits per heavy atom. The van der Waals surface area contributed by atoms with Gasteiger partial charge in [0.25, 0.3) is 11.2 Å². The highest BCUT2D eigenvalue weighted by atomic mass is 19.4. The van der Waals surface area contributed by atoms with Crippen molar-refractivity contribution in [3.05, 3.63) is 12.7 Å². The summed E-state index contributed by atoms with van der Waals surface area (Å²) < 4.78 is 171. The van der Waals surface area contributed by atoms with Gasteiger partial charge in [0, 0.05) is 16.9 Å².